The van der Waals surface area contributed by atoms with Crippen molar-refractivity contribution in [2.75, 3.05) is 11.9 Å². The lowest BCUT2D eigenvalue weighted by Crippen LogP contribution is -2.34. The second kappa shape index (κ2) is 6.59. The van der Waals surface area contributed by atoms with Gasteiger partial charge < -0.3 is 15.0 Å². The highest BCUT2D eigenvalue weighted by Gasteiger charge is 2.32. The van der Waals surface area contributed by atoms with Crippen molar-refractivity contribution in [3.8, 4) is 5.75 Å². The van der Waals surface area contributed by atoms with Gasteiger partial charge in [0.1, 0.15) is 11.6 Å². The van der Waals surface area contributed by atoms with Crippen molar-refractivity contribution in [1.29, 1.82) is 0 Å². The number of hydrogen-bond donors (Lipinski definition) is 2. The number of nitrogens with one attached hydrogen (secondary N) is 2. The summed E-state index contributed by atoms with van der Waals surface area (Å²) in [4.78, 5) is 15.9. The topological polar surface area (TPSA) is 54.1 Å². The lowest BCUT2D eigenvalue weighted by Gasteiger charge is -2.23. The third kappa shape index (κ3) is 3.36. The number of aromatic nitrogens is 1. The van der Waals surface area contributed by atoms with Crippen LogP contribution in [0.3, 0.4) is 0 Å². The van der Waals surface area contributed by atoms with Crippen molar-refractivity contribution in [2.45, 2.75) is 26.2 Å². The van der Waals surface area contributed by atoms with E-state index in [1.54, 1.807) is 24.4 Å². The summed E-state index contributed by atoms with van der Waals surface area (Å²) in [6.45, 7) is 6.16. The number of H-pyrrole nitrogens is 1. The van der Waals surface area contributed by atoms with Gasteiger partial charge in [-0.05, 0) is 68.8 Å². The predicted molar refractivity (Wildman–Crippen MR) is 97.5 cm³/mol. The molecule has 3 rings (SSSR count). The van der Waals surface area contributed by atoms with Crippen LogP contribution in [-0.2, 0) is 10.2 Å². The van der Waals surface area contributed by atoms with E-state index in [1.807, 2.05) is 32.9 Å². The Bertz CT molecular complexity index is 898. The molecule has 0 radical (unpaired) electrons. The molecule has 1 aromatic heterocycles. The van der Waals surface area contributed by atoms with Gasteiger partial charge >= 0.3 is 0 Å². The highest BCUT2D eigenvalue weighted by atomic mass is 19.1. The van der Waals surface area contributed by atoms with E-state index in [1.165, 1.54) is 12.1 Å². The van der Waals surface area contributed by atoms with E-state index in [-0.39, 0.29) is 11.7 Å². The van der Waals surface area contributed by atoms with E-state index in [4.69, 9.17) is 4.74 Å². The molecule has 2 aromatic carbocycles. The first-order valence-electron chi connectivity index (χ1n) is 8.23. The van der Waals surface area contributed by atoms with Gasteiger partial charge in [0.05, 0.1) is 12.0 Å². The SMILES string of the molecule is CCOc1ccc(NC(=O)C(C)(C)c2c[nH]c3ccc(F)cc23)cc1. The number of hydrogen-bond acceptors (Lipinski definition) is 2. The highest BCUT2D eigenvalue weighted by molar-refractivity contribution is 6.01. The fourth-order valence-electron chi connectivity index (χ4n) is 2.82. The van der Waals surface area contributed by atoms with Crippen molar-refractivity contribution >= 4 is 22.5 Å². The third-order valence-electron chi connectivity index (χ3n) is 4.31. The van der Waals surface area contributed by atoms with Crippen LogP contribution in [0.1, 0.15) is 26.3 Å². The molecule has 0 spiro atoms. The van der Waals surface area contributed by atoms with Crippen LogP contribution in [0.4, 0.5) is 10.1 Å². The highest BCUT2D eigenvalue weighted by Crippen LogP contribution is 2.32. The molecular formula is C20H21FN2O2. The predicted octanol–water partition coefficient (Wildman–Crippen LogP) is 4.62. The number of carbonyl (C=O) groups is 1. The molecule has 0 unspecified atom stereocenters. The van der Waals surface area contributed by atoms with Crippen LogP contribution in [0.25, 0.3) is 10.9 Å². The molecule has 0 atom stereocenters. The van der Waals surface area contributed by atoms with Crippen LogP contribution in [0.2, 0.25) is 0 Å². The van der Waals surface area contributed by atoms with E-state index in [0.717, 1.165) is 16.8 Å². The number of anilines is 1. The number of benzene rings is 2. The number of carbonyl (C=O) groups excluding carboxylic acids is 1. The Morgan fingerprint density at radius 1 is 1.20 bits per heavy atom. The number of aromatic amines is 1. The number of amides is 1. The lowest BCUT2D eigenvalue weighted by atomic mass is 9.83. The maximum absolute atomic E-state index is 13.6. The quantitative estimate of drug-likeness (QED) is 0.712. The number of fused-ring (bicyclic) bond motifs is 1. The Morgan fingerprint density at radius 3 is 2.60 bits per heavy atom. The number of rotatable bonds is 5. The lowest BCUT2D eigenvalue weighted by molar-refractivity contribution is -0.120. The molecule has 1 heterocycles. The molecule has 0 aliphatic carbocycles. The molecule has 0 aliphatic heterocycles. The van der Waals surface area contributed by atoms with Gasteiger partial charge in [-0.1, -0.05) is 0 Å². The minimum Gasteiger partial charge on any atom is -0.494 e. The first kappa shape index (κ1) is 17.0. The summed E-state index contributed by atoms with van der Waals surface area (Å²) in [6, 6.07) is 11.7. The fourth-order valence-corrected chi connectivity index (χ4v) is 2.82. The zero-order valence-corrected chi connectivity index (χ0v) is 14.5. The summed E-state index contributed by atoms with van der Waals surface area (Å²) >= 11 is 0. The zero-order valence-electron chi connectivity index (χ0n) is 14.5. The summed E-state index contributed by atoms with van der Waals surface area (Å²) in [5.74, 6) is 0.268. The molecule has 3 aromatic rings. The number of ether oxygens (including phenoxy) is 1. The van der Waals surface area contributed by atoms with Crippen molar-refractivity contribution in [1.82, 2.24) is 4.98 Å². The molecule has 0 fully saturated rings. The standard InChI is InChI=1S/C20H21FN2O2/c1-4-25-15-8-6-14(7-9-15)23-19(24)20(2,3)17-12-22-18-10-5-13(21)11-16(17)18/h5-12,22H,4H2,1-3H3,(H,23,24). The molecule has 130 valence electrons. The van der Waals surface area contributed by atoms with Crippen molar-refractivity contribution < 1.29 is 13.9 Å². The average Bonchev–Trinajstić information content (AvgIpc) is 3.00. The van der Waals surface area contributed by atoms with Crippen LogP contribution < -0.4 is 10.1 Å². The van der Waals surface area contributed by atoms with Crippen molar-refractivity contribution in [3.05, 3.63) is 60.0 Å². The van der Waals surface area contributed by atoms with E-state index in [0.29, 0.717) is 17.7 Å². The minimum atomic E-state index is -0.829. The Balaban J connectivity index is 1.85. The smallest absolute Gasteiger partial charge is 0.234 e. The van der Waals surface area contributed by atoms with Gasteiger partial charge in [-0.3, -0.25) is 4.79 Å². The molecule has 0 saturated heterocycles. The van der Waals surface area contributed by atoms with Gasteiger partial charge in [0, 0.05) is 22.8 Å². The van der Waals surface area contributed by atoms with E-state index in [9.17, 15) is 9.18 Å². The fraction of sp³-hybridized carbons (Fsp3) is 0.250. The largest absolute Gasteiger partial charge is 0.494 e. The Labute approximate surface area is 146 Å². The first-order chi connectivity index (χ1) is 11.9. The van der Waals surface area contributed by atoms with Crippen LogP contribution in [-0.4, -0.2) is 17.5 Å². The molecule has 0 aliphatic rings. The Hall–Kier alpha value is -2.82. The maximum atomic E-state index is 13.6. The zero-order chi connectivity index (χ0) is 18.0. The average molecular weight is 340 g/mol. The van der Waals surface area contributed by atoms with Crippen LogP contribution >= 0.6 is 0 Å². The number of halogens is 1. The summed E-state index contributed by atoms with van der Waals surface area (Å²) in [6.07, 6.45) is 1.77. The Kier molecular flexibility index (Phi) is 4.49. The summed E-state index contributed by atoms with van der Waals surface area (Å²) in [5.41, 5.74) is 1.42. The Morgan fingerprint density at radius 2 is 1.92 bits per heavy atom. The van der Waals surface area contributed by atoms with Crippen LogP contribution in [0.15, 0.2) is 48.7 Å². The third-order valence-corrected chi connectivity index (χ3v) is 4.31. The van der Waals surface area contributed by atoms with Crippen molar-refractivity contribution in [3.63, 3.8) is 0 Å². The van der Waals surface area contributed by atoms with Crippen LogP contribution in [0.5, 0.6) is 5.75 Å². The summed E-state index contributed by atoms with van der Waals surface area (Å²) < 4.78 is 19.0. The molecule has 1 amide bonds. The molecule has 25 heavy (non-hydrogen) atoms. The van der Waals surface area contributed by atoms with Gasteiger partial charge in [0.2, 0.25) is 5.91 Å². The van der Waals surface area contributed by atoms with E-state index in [2.05, 4.69) is 10.3 Å². The van der Waals surface area contributed by atoms with Crippen molar-refractivity contribution in [2.24, 2.45) is 0 Å². The second-order valence-electron chi connectivity index (χ2n) is 6.43. The molecule has 0 saturated carbocycles. The first-order valence-corrected chi connectivity index (χ1v) is 8.23. The summed E-state index contributed by atoms with van der Waals surface area (Å²) in [7, 11) is 0. The van der Waals surface area contributed by atoms with Crippen LogP contribution in [0, 0.1) is 5.82 Å². The molecular weight excluding hydrogens is 319 g/mol. The molecule has 4 nitrogen and oxygen atoms in total. The van der Waals surface area contributed by atoms with Gasteiger partial charge in [-0.25, -0.2) is 4.39 Å². The second-order valence-corrected chi connectivity index (χ2v) is 6.43. The maximum Gasteiger partial charge on any atom is 0.234 e. The van der Waals surface area contributed by atoms with E-state index < -0.39 is 5.41 Å². The minimum absolute atomic E-state index is 0.165. The molecule has 2 N–H and O–H groups in total. The van der Waals surface area contributed by atoms with E-state index >= 15 is 0 Å². The summed E-state index contributed by atoms with van der Waals surface area (Å²) in [5, 5.41) is 3.63. The van der Waals surface area contributed by atoms with Gasteiger partial charge in [-0.2, -0.15) is 0 Å². The monoisotopic (exact) mass is 340 g/mol. The molecule has 0 bridgehead atoms. The van der Waals surface area contributed by atoms with Gasteiger partial charge in [0.25, 0.3) is 0 Å². The molecule has 5 heteroatoms. The van der Waals surface area contributed by atoms with Gasteiger partial charge in [0.15, 0.2) is 0 Å². The normalized spacial score (nSPS) is 11.5. The van der Waals surface area contributed by atoms with Gasteiger partial charge in [-0.15, -0.1) is 0 Å².